The van der Waals surface area contributed by atoms with Gasteiger partial charge in [-0.25, -0.2) is 4.79 Å². The van der Waals surface area contributed by atoms with Gasteiger partial charge in [0.15, 0.2) is 0 Å². The summed E-state index contributed by atoms with van der Waals surface area (Å²) in [5.74, 6) is -0.0232. The van der Waals surface area contributed by atoms with Crippen molar-refractivity contribution < 1.29 is 15.0 Å². The Bertz CT molecular complexity index is 652. The second kappa shape index (κ2) is 4.79. The van der Waals surface area contributed by atoms with Crippen molar-refractivity contribution in [2.24, 2.45) is 7.05 Å². The van der Waals surface area contributed by atoms with E-state index in [0.29, 0.717) is 13.0 Å². The fourth-order valence-corrected chi connectivity index (χ4v) is 2.89. The van der Waals surface area contributed by atoms with Crippen molar-refractivity contribution in [3.8, 4) is 0 Å². The molecule has 2 atom stereocenters. The number of carbonyl (C=O) groups is 1. The van der Waals surface area contributed by atoms with E-state index in [1.54, 1.807) is 4.68 Å². The lowest BCUT2D eigenvalue weighted by Gasteiger charge is -2.34. The lowest BCUT2D eigenvalue weighted by atomic mass is 9.87. The second-order valence-electron chi connectivity index (χ2n) is 5.28. The molecule has 2 N–H and O–H groups in total. The van der Waals surface area contributed by atoms with Gasteiger partial charge in [0.1, 0.15) is 0 Å². The molecule has 1 fully saturated rings. The number of aliphatic hydroxyl groups excluding tert-OH is 1. The number of aromatic nitrogens is 2. The number of aliphatic hydroxyl groups is 1. The molecule has 6 nitrogen and oxygen atoms in total. The average Bonchev–Trinajstić information content (AvgIpc) is 2.80. The third-order valence-corrected chi connectivity index (χ3v) is 4.05. The molecule has 1 saturated heterocycles. The van der Waals surface area contributed by atoms with Gasteiger partial charge in [-0.3, -0.25) is 4.68 Å². The van der Waals surface area contributed by atoms with Crippen molar-refractivity contribution in [3.05, 3.63) is 30.0 Å². The van der Waals surface area contributed by atoms with Gasteiger partial charge in [0.05, 0.1) is 24.4 Å². The zero-order valence-corrected chi connectivity index (χ0v) is 11.2. The van der Waals surface area contributed by atoms with E-state index in [9.17, 15) is 9.90 Å². The maximum Gasteiger partial charge on any atom is 0.407 e. The van der Waals surface area contributed by atoms with Gasteiger partial charge in [0.2, 0.25) is 0 Å². The van der Waals surface area contributed by atoms with Crippen molar-refractivity contribution >= 4 is 17.0 Å². The molecule has 20 heavy (non-hydrogen) atoms. The van der Waals surface area contributed by atoms with Crippen LogP contribution in [-0.4, -0.2) is 50.2 Å². The van der Waals surface area contributed by atoms with Crippen LogP contribution in [0.3, 0.4) is 0 Å². The Hall–Kier alpha value is -2.08. The largest absolute Gasteiger partial charge is 0.465 e. The van der Waals surface area contributed by atoms with Gasteiger partial charge < -0.3 is 15.1 Å². The third-order valence-electron chi connectivity index (χ3n) is 4.05. The number of nitrogens with zero attached hydrogens (tertiary/aromatic N) is 3. The number of hydrogen-bond acceptors (Lipinski definition) is 3. The predicted molar refractivity (Wildman–Crippen MR) is 73.7 cm³/mol. The molecule has 6 heteroatoms. The van der Waals surface area contributed by atoms with Crippen LogP contribution in [0.1, 0.15) is 17.9 Å². The van der Waals surface area contributed by atoms with E-state index < -0.39 is 12.2 Å². The van der Waals surface area contributed by atoms with Gasteiger partial charge in [-0.1, -0.05) is 12.1 Å². The van der Waals surface area contributed by atoms with E-state index in [1.807, 2.05) is 31.4 Å². The molecular weight excluding hydrogens is 258 g/mol. The monoisotopic (exact) mass is 275 g/mol. The van der Waals surface area contributed by atoms with Gasteiger partial charge in [-0.15, -0.1) is 0 Å². The molecule has 1 aliphatic rings. The van der Waals surface area contributed by atoms with E-state index in [-0.39, 0.29) is 12.5 Å². The van der Waals surface area contributed by atoms with E-state index in [2.05, 4.69) is 5.10 Å². The van der Waals surface area contributed by atoms with E-state index in [4.69, 9.17) is 5.11 Å². The highest BCUT2D eigenvalue weighted by atomic mass is 16.4. The van der Waals surface area contributed by atoms with Crippen LogP contribution in [0.4, 0.5) is 4.79 Å². The summed E-state index contributed by atoms with van der Waals surface area (Å²) >= 11 is 0. The van der Waals surface area contributed by atoms with Crippen molar-refractivity contribution in [3.63, 3.8) is 0 Å². The lowest BCUT2D eigenvalue weighted by Crippen LogP contribution is -2.45. The zero-order valence-electron chi connectivity index (χ0n) is 11.2. The number of hydrogen-bond donors (Lipinski definition) is 2. The van der Waals surface area contributed by atoms with Crippen LogP contribution < -0.4 is 0 Å². The molecule has 1 aliphatic heterocycles. The Morgan fingerprint density at radius 1 is 1.45 bits per heavy atom. The molecule has 3 rings (SSSR count). The van der Waals surface area contributed by atoms with Gasteiger partial charge in [-0.05, 0) is 18.1 Å². The van der Waals surface area contributed by atoms with Crippen molar-refractivity contribution in [1.82, 2.24) is 14.7 Å². The van der Waals surface area contributed by atoms with Crippen molar-refractivity contribution in [2.75, 3.05) is 13.1 Å². The summed E-state index contributed by atoms with van der Waals surface area (Å²) < 4.78 is 1.80. The minimum atomic E-state index is -0.968. The molecule has 0 aliphatic carbocycles. The smallest absolute Gasteiger partial charge is 0.407 e. The van der Waals surface area contributed by atoms with Crippen LogP contribution in [0.15, 0.2) is 24.4 Å². The molecule has 106 valence electrons. The van der Waals surface area contributed by atoms with E-state index >= 15 is 0 Å². The highest BCUT2D eigenvalue weighted by molar-refractivity contribution is 5.79. The van der Waals surface area contributed by atoms with Crippen LogP contribution in [0.25, 0.3) is 10.9 Å². The minimum Gasteiger partial charge on any atom is -0.465 e. The quantitative estimate of drug-likeness (QED) is 0.824. The molecule has 1 aromatic heterocycles. The summed E-state index contributed by atoms with van der Waals surface area (Å²) in [7, 11) is 1.88. The van der Waals surface area contributed by atoms with E-state index in [0.717, 1.165) is 16.5 Å². The Balaban J connectivity index is 1.87. The minimum absolute atomic E-state index is 0.0232. The SMILES string of the molecule is Cn1ncc2ccc(C3CCN(C(=O)O)CC3O)cc21. The molecule has 0 bridgehead atoms. The first kappa shape index (κ1) is 12.9. The molecular formula is C14H17N3O3. The Kier molecular flexibility index (Phi) is 3.10. The lowest BCUT2D eigenvalue weighted by molar-refractivity contribution is 0.0504. The molecule has 0 saturated carbocycles. The maximum absolute atomic E-state index is 10.9. The zero-order chi connectivity index (χ0) is 14.3. The summed E-state index contributed by atoms with van der Waals surface area (Å²) in [5, 5.41) is 24.4. The Morgan fingerprint density at radius 3 is 2.95 bits per heavy atom. The summed E-state index contributed by atoms with van der Waals surface area (Å²) in [6, 6.07) is 6.02. The van der Waals surface area contributed by atoms with Crippen LogP contribution >= 0.6 is 0 Å². The predicted octanol–water partition coefficient (Wildman–Crippen LogP) is 1.40. The summed E-state index contributed by atoms with van der Waals surface area (Å²) in [5.41, 5.74) is 2.06. The van der Waals surface area contributed by atoms with Crippen LogP contribution in [0.5, 0.6) is 0 Å². The first-order valence-electron chi connectivity index (χ1n) is 6.64. The first-order chi connectivity index (χ1) is 9.56. The molecule has 2 unspecified atom stereocenters. The Labute approximate surface area is 116 Å². The number of β-amino-alcohol motifs (C(OH)–C–C–N with tert-alkyl or cyclic N) is 1. The molecule has 2 heterocycles. The van der Waals surface area contributed by atoms with Crippen molar-refractivity contribution in [1.29, 1.82) is 0 Å². The number of aryl methyl sites for hydroxylation is 1. The van der Waals surface area contributed by atoms with Crippen LogP contribution in [0.2, 0.25) is 0 Å². The fraction of sp³-hybridized carbons (Fsp3) is 0.429. The topological polar surface area (TPSA) is 78.6 Å². The molecule has 0 spiro atoms. The third kappa shape index (κ3) is 2.12. The summed E-state index contributed by atoms with van der Waals surface area (Å²) in [6.07, 6.45) is 0.814. The number of carboxylic acid groups (broad SMARTS) is 1. The van der Waals surface area contributed by atoms with Crippen LogP contribution in [0, 0.1) is 0 Å². The standard InChI is InChI=1S/C14H17N3O3/c1-16-12-6-9(2-3-10(12)7-15-16)11-4-5-17(14(19)20)8-13(11)18/h2-3,6-7,11,13,18H,4-5,8H2,1H3,(H,19,20). The average molecular weight is 275 g/mol. The number of amides is 1. The van der Waals surface area contributed by atoms with Gasteiger partial charge in [0.25, 0.3) is 0 Å². The number of benzene rings is 1. The first-order valence-corrected chi connectivity index (χ1v) is 6.64. The molecule has 1 amide bonds. The van der Waals surface area contributed by atoms with Crippen LogP contribution in [-0.2, 0) is 7.05 Å². The molecule has 0 radical (unpaired) electrons. The summed E-state index contributed by atoms with van der Waals surface area (Å²) in [4.78, 5) is 12.2. The highest BCUT2D eigenvalue weighted by Gasteiger charge is 2.31. The van der Waals surface area contributed by atoms with Gasteiger partial charge in [0, 0.05) is 24.9 Å². The van der Waals surface area contributed by atoms with Crippen molar-refractivity contribution in [2.45, 2.75) is 18.4 Å². The fourth-order valence-electron chi connectivity index (χ4n) is 2.89. The second-order valence-corrected chi connectivity index (χ2v) is 5.28. The highest BCUT2D eigenvalue weighted by Crippen LogP contribution is 2.30. The number of piperidine rings is 1. The number of fused-ring (bicyclic) bond motifs is 1. The normalized spacial score (nSPS) is 23.2. The van der Waals surface area contributed by atoms with Gasteiger partial charge in [-0.2, -0.15) is 5.10 Å². The molecule has 2 aromatic rings. The van der Waals surface area contributed by atoms with E-state index in [1.165, 1.54) is 4.90 Å². The van der Waals surface area contributed by atoms with Gasteiger partial charge >= 0.3 is 6.09 Å². The Morgan fingerprint density at radius 2 is 2.25 bits per heavy atom. The number of likely N-dealkylation sites (tertiary alicyclic amines) is 1. The molecule has 1 aromatic carbocycles. The number of rotatable bonds is 1. The summed E-state index contributed by atoms with van der Waals surface area (Å²) in [6.45, 7) is 0.629. The maximum atomic E-state index is 10.9.